The fourth-order valence-corrected chi connectivity index (χ4v) is 3.80. The molecule has 1 aliphatic heterocycles. The van der Waals surface area contributed by atoms with Crippen LogP contribution in [0.3, 0.4) is 0 Å². The summed E-state index contributed by atoms with van der Waals surface area (Å²) < 4.78 is 12.0. The van der Waals surface area contributed by atoms with Crippen LogP contribution in [-0.4, -0.2) is 34.8 Å². The Labute approximate surface area is 180 Å². The van der Waals surface area contributed by atoms with Crippen molar-refractivity contribution < 1.29 is 9.47 Å². The molecule has 0 aliphatic carbocycles. The number of aromatic amines is 1. The Bertz CT molecular complexity index is 1120. The SMILES string of the molecule is c1ccc(Oc2ccc(Oc3ccnc4[nH]nc(NCC5CCCNC5)c34)cc2)cc1. The van der Waals surface area contributed by atoms with Crippen molar-refractivity contribution >= 4 is 16.9 Å². The van der Waals surface area contributed by atoms with Gasteiger partial charge >= 0.3 is 0 Å². The summed E-state index contributed by atoms with van der Waals surface area (Å²) in [6.07, 6.45) is 4.16. The number of hydrogen-bond donors (Lipinski definition) is 3. The van der Waals surface area contributed by atoms with Crippen LogP contribution in [0.25, 0.3) is 11.0 Å². The van der Waals surface area contributed by atoms with Gasteiger partial charge in [-0.1, -0.05) is 18.2 Å². The van der Waals surface area contributed by atoms with E-state index in [0.29, 0.717) is 17.3 Å². The molecule has 1 unspecified atom stereocenters. The van der Waals surface area contributed by atoms with Crippen molar-refractivity contribution in [3.8, 4) is 23.0 Å². The van der Waals surface area contributed by atoms with Gasteiger partial charge in [-0.3, -0.25) is 5.10 Å². The first-order valence-electron chi connectivity index (χ1n) is 10.6. The van der Waals surface area contributed by atoms with Crippen molar-refractivity contribution in [3.63, 3.8) is 0 Å². The van der Waals surface area contributed by atoms with Gasteiger partial charge in [0.2, 0.25) is 0 Å². The Morgan fingerprint density at radius 3 is 2.48 bits per heavy atom. The van der Waals surface area contributed by atoms with E-state index in [9.17, 15) is 0 Å². The molecule has 1 aliphatic rings. The van der Waals surface area contributed by atoms with Gasteiger partial charge in [0.1, 0.15) is 28.4 Å². The highest BCUT2D eigenvalue weighted by Gasteiger charge is 2.17. The summed E-state index contributed by atoms with van der Waals surface area (Å²) in [6.45, 7) is 3.01. The highest BCUT2D eigenvalue weighted by molar-refractivity contribution is 5.92. The third-order valence-corrected chi connectivity index (χ3v) is 5.41. The Morgan fingerprint density at radius 2 is 1.71 bits per heavy atom. The Morgan fingerprint density at radius 1 is 0.935 bits per heavy atom. The first kappa shape index (κ1) is 19.4. The highest BCUT2D eigenvalue weighted by atomic mass is 16.5. The number of pyridine rings is 1. The van der Waals surface area contributed by atoms with Gasteiger partial charge in [-0.2, -0.15) is 5.10 Å². The summed E-state index contributed by atoms with van der Waals surface area (Å²) in [5.74, 6) is 4.35. The van der Waals surface area contributed by atoms with Crippen molar-refractivity contribution in [2.75, 3.05) is 25.0 Å². The maximum Gasteiger partial charge on any atom is 0.161 e. The van der Waals surface area contributed by atoms with Crippen LogP contribution in [-0.2, 0) is 0 Å². The van der Waals surface area contributed by atoms with E-state index in [1.54, 1.807) is 6.20 Å². The van der Waals surface area contributed by atoms with Crippen LogP contribution < -0.4 is 20.1 Å². The van der Waals surface area contributed by atoms with Crippen LogP contribution in [0.15, 0.2) is 66.9 Å². The zero-order valence-electron chi connectivity index (χ0n) is 17.2. The molecule has 1 atom stereocenters. The summed E-state index contributed by atoms with van der Waals surface area (Å²) in [4.78, 5) is 4.39. The van der Waals surface area contributed by atoms with Crippen molar-refractivity contribution in [3.05, 3.63) is 66.9 Å². The summed E-state index contributed by atoms with van der Waals surface area (Å²) in [5, 5.41) is 15.2. The molecule has 1 saturated heterocycles. The van der Waals surface area contributed by atoms with E-state index in [2.05, 4.69) is 25.8 Å². The molecule has 1 fully saturated rings. The number of nitrogens with one attached hydrogen (secondary N) is 3. The number of nitrogens with zero attached hydrogens (tertiary/aromatic N) is 2. The van der Waals surface area contributed by atoms with E-state index < -0.39 is 0 Å². The monoisotopic (exact) mass is 415 g/mol. The predicted molar refractivity (Wildman–Crippen MR) is 121 cm³/mol. The fraction of sp³-hybridized carbons (Fsp3) is 0.250. The average molecular weight is 415 g/mol. The summed E-state index contributed by atoms with van der Waals surface area (Å²) >= 11 is 0. The van der Waals surface area contributed by atoms with Crippen LogP contribution in [0.4, 0.5) is 5.82 Å². The van der Waals surface area contributed by atoms with E-state index >= 15 is 0 Å². The first-order valence-corrected chi connectivity index (χ1v) is 10.6. The number of para-hydroxylation sites is 1. The molecule has 0 spiro atoms. The minimum absolute atomic E-state index is 0.596. The number of fused-ring (bicyclic) bond motifs is 1. The molecule has 0 radical (unpaired) electrons. The molecule has 7 heteroatoms. The molecule has 5 rings (SSSR count). The standard InChI is InChI=1S/C24H25N5O2/c1-2-6-18(7-3-1)30-19-8-10-20(11-9-19)31-21-12-14-26-23-22(21)24(29-28-23)27-16-17-5-4-13-25-15-17/h1-3,6-12,14,17,25H,4-5,13,15-16H2,(H2,26,27,28,29). The number of anilines is 1. The van der Waals surface area contributed by atoms with Gasteiger partial charge < -0.3 is 20.1 Å². The lowest BCUT2D eigenvalue weighted by atomic mass is 10.00. The maximum absolute atomic E-state index is 6.18. The quantitative estimate of drug-likeness (QED) is 0.396. The third kappa shape index (κ3) is 4.62. The van der Waals surface area contributed by atoms with E-state index in [0.717, 1.165) is 48.1 Å². The molecular weight excluding hydrogens is 390 g/mol. The maximum atomic E-state index is 6.18. The zero-order chi connectivity index (χ0) is 20.9. The minimum atomic E-state index is 0.596. The van der Waals surface area contributed by atoms with Crippen molar-refractivity contribution in [1.29, 1.82) is 0 Å². The van der Waals surface area contributed by atoms with E-state index in [1.807, 2.05) is 60.7 Å². The summed E-state index contributed by atoms with van der Waals surface area (Å²) in [7, 11) is 0. The van der Waals surface area contributed by atoms with E-state index in [1.165, 1.54) is 12.8 Å². The van der Waals surface area contributed by atoms with Gasteiger partial charge in [0.15, 0.2) is 11.5 Å². The predicted octanol–water partition coefficient (Wildman–Crippen LogP) is 4.95. The molecule has 31 heavy (non-hydrogen) atoms. The summed E-state index contributed by atoms with van der Waals surface area (Å²) in [5.41, 5.74) is 0.700. The Balaban J connectivity index is 1.31. The minimum Gasteiger partial charge on any atom is -0.457 e. The van der Waals surface area contributed by atoms with Crippen LogP contribution >= 0.6 is 0 Å². The summed E-state index contributed by atoms with van der Waals surface area (Å²) in [6, 6.07) is 19.1. The van der Waals surface area contributed by atoms with Crippen LogP contribution in [0.1, 0.15) is 12.8 Å². The van der Waals surface area contributed by atoms with Gasteiger partial charge in [-0.05, 0) is 68.2 Å². The second kappa shape index (κ2) is 9.06. The number of H-pyrrole nitrogens is 1. The highest BCUT2D eigenvalue weighted by Crippen LogP contribution is 2.34. The normalized spacial score (nSPS) is 16.2. The molecule has 0 amide bonds. The third-order valence-electron chi connectivity index (χ3n) is 5.41. The molecule has 2 aromatic carbocycles. The molecule has 0 bridgehead atoms. The Hall–Kier alpha value is -3.58. The van der Waals surface area contributed by atoms with Crippen molar-refractivity contribution in [2.45, 2.75) is 12.8 Å². The lowest BCUT2D eigenvalue weighted by molar-refractivity contribution is 0.392. The lowest BCUT2D eigenvalue weighted by Gasteiger charge is -2.22. The lowest BCUT2D eigenvalue weighted by Crippen LogP contribution is -2.33. The number of rotatable bonds is 7. The number of ether oxygens (including phenoxy) is 2. The van der Waals surface area contributed by atoms with Gasteiger partial charge in [-0.25, -0.2) is 4.98 Å². The smallest absolute Gasteiger partial charge is 0.161 e. The topological polar surface area (TPSA) is 84.1 Å². The van der Waals surface area contributed by atoms with E-state index in [-0.39, 0.29) is 0 Å². The number of piperidine rings is 1. The molecule has 0 saturated carbocycles. The van der Waals surface area contributed by atoms with E-state index in [4.69, 9.17) is 9.47 Å². The zero-order valence-corrected chi connectivity index (χ0v) is 17.2. The van der Waals surface area contributed by atoms with Crippen LogP contribution in [0.5, 0.6) is 23.0 Å². The van der Waals surface area contributed by atoms with Crippen LogP contribution in [0.2, 0.25) is 0 Å². The fourth-order valence-electron chi connectivity index (χ4n) is 3.80. The molecule has 3 heterocycles. The molecule has 3 N–H and O–H groups in total. The van der Waals surface area contributed by atoms with Gasteiger partial charge in [-0.15, -0.1) is 0 Å². The van der Waals surface area contributed by atoms with Crippen LogP contribution in [0, 0.1) is 5.92 Å². The molecule has 158 valence electrons. The number of aromatic nitrogens is 3. The Kier molecular flexibility index (Phi) is 5.66. The number of benzene rings is 2. The van der Waals surface area contributed by atoms with Crippen molar-refractivity contribution in [1.82, 2.24) is 20.5 Å². The van der Waals surface area contributed by atoms with Crippen molar-refractivity contribution in [2.24, 2.45) is 5.92 Å². The van der Waals surface area contributed by atoms with Gasteiger partial charge in [0, 0.05) is 18.8 Å². The average Bonchev–Trinajstić information content (AvgIpc) is 3.25. The second-order valence-electron chi connectivity index (χ2n) is 7.69. The molecular formula is C24H25N5O2. The second-order valence-corrected chi connectivity index (χ2v) is 7.69. The molecule has 4 aromatic rings. The van der Waals surface area contributed by atoms with Gasteiger partial charge in [0.05, 0.1) is 0 Å². The first-order chi connectivity index (χ1) is 15.3. The largest absolute Gasteiger partial charge is 0.457 e. The van der Waals surface area contributed by atoms with Gasteiger partial charge in [0.25, 0.3) is 0 Å². The molecule has 7 nitrogen and oxygen atoms in total. The molecule has 2 aromatic heterocycles. The number of hydrogen-bond acceptors (Lipinski definition) is 6.